The van der Waals surface area contributed by atoms with Crippen LogP contribution in [0.4, 0.5) is 0 Å². The fraction of sp³-hybridized carbons (Fsp3) is 0.926. The Hall–Kier alpha value is -0.380. The number of aliphatic hydroxyl groups excluding tert-OH is 1. The van der Waals surface area contributed by atoms with Crippen LogP contribution in [-0.4, -0.2) is 29.7 Å². The van der Waals surface area contributed by atoms with E-state index in [1.54, 1.807) is 5.57 Å². The summed E-state index contributed by atoms with van der Waals surface area (Å²) in [7, 11) is 0. The van der Waals surface area contributed by atoms with E-state index >= 15 is 0 Å². The number of hydrogen-bond donors (Lipinski definition) is 1. The zero-order valence-electron chi connectivity index (χ0n) is 19.5. The van der Waals surface area contributed by atoms with Gasteiger partial charge in [-0.15, -0.1) is 0 Å². The summed E-state index contributed by atoms with van der Waals surface area (Å²) in [5.74, 6) is 3.94. The molecule has 30 heavy (non-hydrogen) atoms. The Balaban J connectivity index is 1.28. The van der Waals surface area contributed by atoms with Crippen LogP contribution in [0.3, 0.4) is 0 Å². The third kappa shape index (κ3) is 2.55. The molecule has 2 heterocycles. The van der Waals surface area contributed by atoms with Gasteiger partial charge in [0.15, 0.2) is 5.79 Å². The molecule has 11 atom stereocenters. The Morgan fingerprint density at radius 3 is 2.63 bits per heavy atom. The highest BCUT2D eigenvalue weighted by Gasteiger charge is 2.68. The Morgan fingerprint density at radius 2 is 1.87 bits per heavy atom. The molecule has 0 amide bonds. The lowest BCUT2D eigenvalue weighted by Gasteiger charge is -2.58. The predicted molar refractivity (Wildman–Crippen MR) is 118 cm³/mol. The Labute approximate surface area is 183 Å². The van der Waals surface area contributed by atoms with Crippen LogP contribution in [-0.2, 0) is 9.47 Å². The highest BCUT2D eigenvalue weighted by molar-refractivity contribution is 5.26. The summed E-state index contributed by atoms with van der Waals surface area (Å²) in [6.07, 6.45) is 13.5. The summed E-state index contributed by atoms with van der Waals surface area (Å²) in [6.45, 7) is 10.8. The zero-order valence-corrected chi connectivity index (χ0v) is 19.5. The van der Waals surface area contributed by atoms with Crippen molar-refractivity contribution in [2.45, 2.75) is 103 Å². The molecule has 3 nitrogen and oxygen atoms in total. The molecule has 6 rings (SSSR count). The molecule has 0 aromatic rings. The molecule has 2 aliphatic heterocycles. The van der Waals surface area contributed by atoms with Crippen LogP contribution in [0.15, 0.2) is 11.6 Å². The maximum atomic E-state index is 10.3. The first-order chi connectivity index (χ1) is 14.3. The molecule has 1 spiro atoms. The van der Waals surface area contributed by atoms with Gasteiger partial charge in [0.2, 0.25) is 0 Å². The minimum Gasteiger partial charge on any atom is -0.393 e. The summed E-state index contributed by atoms with van der Waals surface area (Å²) in [5, 5.41) is 10.3. The van der Waals surface area contributed by atoms with E-state index in [0.29, 0.717) is 34.7 Å². The second-order valence-electron chi connectivity index (χ2n) is 12.7. The molecular formula is C27H42O3. The van der Waals surface area contributed by atoms with Gasteiger partial charge in [0.05, 0.1) is 18.8 Å². The first-order valence-electron chi connectivity index (χ1n) is 13.0. The Bertz CT molecular complexity index is 736. The monoisotopic (exact) mass is 414 g/mol. The Kier molecular flexibility index (Phi) is 4.44. The van der Waals surface area contributed by atoms with Crippen molar-refractivity contribution < 1.29 is 14.6 Å². The third-order valence-electron chi connectivity index (χ3n) is 11.3. The molecule has 2 saturated heterocycles. The number of fused-ring (bicyclic) bond motifs is 7. The van der Waals surface area contributed by atoms with Gasteiger partial charge < -0.3 is 14.6 Å². The van der Waals surface area contributed by atoms with Gasteiger partial charge in [-0.25, -0.2) is 0 Å². The molecule has 0 aromatic carbocycles. The standard InChI is InChI=1S/C27H42O3/c1-16-7-12-27(29-15-16)17(2)24-23(30-27)14-22-20-6-5-18-13-19(28)8-10-25(18,3)21(20)9-11-26(22,24)4/h5,16-17,19-24,28H,6-15H2,1-4H3/t16-,17+,19-,20-,21?,22?,23+,24?,25+,26+,27-/m1/s1. The van der Waals surface area contributed by atoms with Gasteiger partial charge in [0.25, 0.3) is 0 Å². The number of allylic oxidation sites excluding steroid dienone is 1. The normalized spacial score (nSPS) is 59.8. The van der Waals surface area contributed by atoms with Crippen molar-refractivity contribution in [3.05, 3.63) is 11.6 Å². The lowest BCUT2D eigenvalue weighted by Crippen LogP contribution is -2.52. The van der Waals surface area contributed by atoms with Gasteiger partial charge in [-0.1, -0.05) is 39.3 Å². The molecular weight excluding hydrogens is 372 g/mol. The minimum absolute atomic E-state index is 0.107. The van der Waals surface area contributed by atoms with Crippen molar-refractivity contribution >= 4 is 0 Å². The summed E-state index contributed by atoms with van der Waals surface area (Å²) in [5.41, 5.74) is 2.31. The summed E-state index contributed by atoms with van der Waals surface area (Å²) < 4.78 is 13.3. The van der Waals surface area contributed by atoms with Crippen LogP contribution in [0.1, 0.15) is 85.5 Å². The summed E-state index contributed by atoms with van der Waals surface area (Å²) in [6, 6.07) is 0. The van der Waals surface area contributed by atoms with Crippen LogP contribution in [0.25, 0.3) is 0 Å². The van der Waals surface area contributed by atoms with Crippen molar-refractivity contribution in [1.29, 1.82) is 0 Å². The van der Waals surface area contributed by atoms with Crippen LogP contribution in [0.2, 0.25) is 0 Å². The maximum absolute atomic E-state index is 10.3. The first-order valence-corrected chi connectivity index (χ1v) is 13.0. The van der Waals surface area contributed by atoms with E-state index in [2.05, 4.69) is 33.8 Å². The van der Waals surface area contributed by atoms with E-state index in [-0.39, 0.29) is 11.9 Å². The van der Waals surface area contributed by atoms with Crippen LogP contribution >= 0.6 is 0 Å². The lowest BCUT2D eigenvalue weighted by atomic mass is 9.47. The number of rotatable bonds is 0. The SMILES string of the molecule is C[C@@H]1CC[C@@]2(OC1)O[C@H]1CC3[C@@H]4CC=C5C[C@H](O)CC[C@]5(C)C4CC[C@]3(C)C1[C@@H]2C. The topological polar surface area (TPSA) is 38.7 Å². The molecule has 3 saturated carbocycles. The van der Waals surface area contributed by atoms with Gasteiger partial charge in [-0.3, -0.25) is 0 Å². The highest BCUT2D eigenvalue weighted by atomic mass is 16.7. The van der Waals surface area contributed by atoms with Gasteiger partial charge in [0, 0.05) is 12.3 Å². The lowest BCUT2D eigenvalue weighted by molar-refractivity contribution is -0.272. The quantitative estimate of drug-likeness (QED) is 0.516. The molecule has 1 N–H and O–H groups in total. The predicted octanol–water partition coefficient (Wildman–Crippen LogP) is 5.71. The van der Waals surface area contributed by atoms with E-state index in [9.17, 15) is 5.11 Å². The fourth-order valence-electron chi connectivity index (χ4n) is 9.66. The molecule has 3 heteroatoms. The molecule has 4 aliphatic carbocycles. The molecule has 0 aromatic heterocycles. The molecule has 3 unspecified atom stereocenters. The average molecular weight is 415 g/mol. The van der Waals surface area contributed by atoms with Crippen molar-refractivity contribution in [1.82, 2.24) is 0 Å². The van der Waals surface area contributed by atoms with Crippen molar-refractivity contribution in [3.63, 3.8) is 0 Å². The molecule has 0 bridgehead atoms. The number of hydrogen-bond acceptors (Lipinski definition) is 3. The summed E-state index contributed by atoms with van der Waals surface area (Å²) >= 11 is 0. The fourth-order valence-corrected chi connectivity index (χ4v) is 9.66. The zero-order chi connectivity index (χ0) is 20.9. The van der Waals surface area contributed by atoms with E-state index in [4.69, 9.17) is 9.47 Å². The highest BCUT2D eigenvalue weighted by Crippen LogP contribution is 2.70. The number of aliphatic hydroxyl groups is 1. The van der Waals surface area contributed by atoms with E-state index < -0.39 is 0 Å². The summed E-state index contributed by atoms with van der Waals surface area (Å²) in [4.78, 5) is 0. The Morgan fingerprint density at radius 1 is 1.03 bits per heavy atom. The van der Waals surface area contributed by atoms with Crippen molar-refractivity contribution in [3.8, 4) is 0 Å². The average Bonchev–Trinajstić information content (AvgIpc) is 3.16. The van der Waals surface area contributed by atoms with Gasteiger partial charge in [-0.05, 0) is 91.8 Å². The van der Waals surface area contributed by atoms with Crippen LogP contribution < -0.4 is 0 Å². The minimum atomic E-state index is -0.294. The molecule has 168 valence electrons. The smallest absolute Gasteiger partial charge is 0.171 e. The molecule has 0 radical (unpaired) electrons. The van der Waals surface area contributed by atoms with Gasteiger partial charge >= 0.3 is 0 Å². The maximum Gasteiger partial charge on any atom is 0.171 e. The van der Waals surface area contributed by atoms with E-state index in [0.717, 1.165) is 43.6 Å². The van der Waals surface area contributed by atoms with E-state index in [1.165, 1.54) is 38.5 Å². The van der Waals surface area contributed by atoms with E-state index in [1.807, 2.05) is 0 Å². The third-order valence-corrected chi connectivity index (χ3v) is 11.3. The van der Waals surface area contributed by atoms with Gasteiger partial charge in [-0.2, -0.15) is 0 Å². The van der Waals surface area contributed by atoms with Crippen molar-refractivity contribution in [2.75, 3.05) is 6.61 Å². The first kappa shape index (κ1) is 20.2. The second-order valence-corrected chi connectivity index (χ2v) is 12.7. The van der Waals surface area contributed by atoms with Crippen LogP contribution in [0.5, 0.6) is 0 Å². The second kappa shape index (κ2) is 6.58. The van der Waals surface area contributed by atoms with Gasteiger partial charge in [0.1, 0.15) is 0 Å². The number of ether oxygens (including phenoxy) is 2. The largest absolute Gasteiger partial charge is 0.393 e. The van der Waals surface area contributed by atoms with Crippen molar-refractivity contribution in [2.24, 2.45) is 46.3 Å². The molecule has 5 fully saturated rings. The van der Waals surface area contributed by atoms with Crippen LogP contribution in [0, 0.1) is 46.3 Å². The molecule has 6 aliphatic rings.